The number of carbonyl (C=O) groups excluding carboxylic acids is 1. The molecule has 1 fully saturated rings. The molecular weight excluding hydrogens is 302 g/mol. The van der Waals surface area contributed by atoms with Gasteiger partial charge in [0.05, 0.1) is 22.9 Å². The van der Waals surface area contributed by atoms with Crippen molar-refractivity contribution < 1.29 is 13.2 Å². The third kappa shape index (κ3) is 4.03. The van der Waals surface area contributed by atoms with Crippen LogP contribution >= 0.6 is 0 Å². The smallest absolute Gasteiger partial charge is 0.274 e. The van der Waals surface area contributed by atoms with Crippen LogP contribution in [0.2, 0.25) is 0 Å². The quantitative estimate of drug-likeness (QED) is 0.837. The number of sulfone groups is 1. The Bertz CT molecular complexity index is 618. The number of nitrogens with zero attached hydrogens (tertiary/aromatic N) is 3. The first kappa shape index (κ1) is 16.9. The molecule has 1 aliphatic rings. The average molecular weight is 325 g/mol. The minimum absolute atomic E-state index is 0.132. The van der Waals surface area contributed by atoms with Gasteiger partial charge in [-0.15, -0.1) is 0 Å². The molecule has 0 aliphatic carbocycles. The molecule has 0 atom stereocenters. The van der Waals surface area contributed by atoms with Gasteiger partial charge in [0, 0.05) is 19.3 Å². The number of hydrogen-bond donors (Lipinski definition) is 0. The summed E-state index contributed by atoms with van der Waals surface area (Å²) in [6.45, 7) is 6.54. The van der Waals surface area contributed by atoms with Crippen LogP contribution in [-0.4, -0.2) is 53.3 Å². The summed E-state index contributed by atoms with van der Waals surface area (Å²) in [5, 5.41) is -0.331. The van der Waals surface area contributed by atoms with E-state index in [0.717, 1.165) is 5.69 Å². The lowest BCUT2D eigenvalue weighted by Gasteiger charge is -2.31. The van der Waals surface area contributed by atoms with Crippen LogP contribution in [0.25, 0.3) is 0 Å². The third-order valence-electron chi connectivity index (χ3n) is 3.80. The molecule has 7 heteroatoms. The monoisotopic (exact) mass is 325 g/mol. The lowest BCUT2D eigenvalue weighted by molar-refractivity contribution is 0.0719. The molecule has 2 heterocycles. The first-order valence-electron chi connectivity index (χ1n) is 7.59. The summed E-state index contributed by atoms with van der Waals surface area (Å²) in [5.74, 6) is 0.175. The maximum absolute atomic E-state index is 12.3. The summed E-state index contributed by atoms with van der Waals surface area (Å²) in [7, 11) is -3.07. The Balaban J connectivity index is 1.97. The lowest BCUT2D eigenvalue weighted by atomic mass is 10.1. The molecule has 0 radical (unpaired) electrons. The first-order valence-corrected chi connectivity index (χ1v) is 9.30. The van der Waals surface area contributed by atoms with Crippen molar-refractivity contribution in [1.29, 1.82) is 0 Å². The van der Waals surface area contributed by atoms with E-state index in [2.05, 4.69) is 9.97 Å². The van der Waals surface area contributed by atoms with E-state index in [-0.39, 0.29) is 22.8 Å². The summed E-state index contributed by atoms with van der Waals surface area (Å²) >= 11 is 0. The summed E-state index contributed by atoms with van der Waals surface area (Å²) in [5.41, 5.74) is 1.07. The fraction of sp³-hybridized carbons (Fsp3) is 0.667. The van der Waals surface area contributed by atoms with Crippen LogP contribution < -0.4 is 0 Å². The van der Waals surface area contributed by atoms with Gasteiger partial charge in [-0.3, -0.25) is 9.78 Å². The molecule has 0 N–H and O–H groups in total. The van der Waals surface area contributed by atoms with E-state index in [1.165, 1.54) is 6.20 Å². The second-order valence-corrected chi connectivity index (χ2v) is 8.58. The molecule has 0 spiro atoms. The number of carbonyl (C=O) groups is 1. The van der Waals surface area contributed by atoms with Crippen LogP contribution in [0.15, 0.2) is 12.4 Å². The Labute approximate surface area is 131 Å². The van der Waals surface area contributed by atoms with Gasteiger partial charge in [-0.25, -0.2) is 13.4 Å². The van der Waals surface area contributed by atoms with Crippen molar-refractivity contribution in [2.24, 2.45) is 5.92 Å². The molecule has 0 bridgehead atoms. The zero-order valence-corrected chi connectivity index (χ0v) is 14.1. The van der Waals surface area contributed by atoms with Crippen molar-refractivity contribution in [3.63, 3.8) is 0 Å². The summed E-state index contributed by atoms with van der Waals surface area (Å²) in [4.78, 5) is 22.2. The van der Waals surface area contributed by atoms with Gasteiger partial charge in [-0.1, -0.05) is 13.8 Å². The molecule has 6 nitrogen and oxygen atoms in total. The fourth-order valence-corrected chi connectivity index (χ4v) is 4.81. The van der Waals surface area contributed by atoms with Crippen molar-refractivity contribution in [1.82, 2.24) is 14.9 Å². The zero-order valence-electron chi connectivity index (χ0n) is 13.3. The first-order chi connectivity index (χ1) is 10.3. The maximum Gasteiger partial charge on any atom is 0.274 e. The maximum atomic E-state index is 12.3. The Kier molecular flexibility index (Phi) is 5.16. The van der Waals surface area contributed by atoms with E-state index in [1.54, 1.807) is 11.1 Å². The predicted octanol–water partition coefficient (Wildman–Crippen LogP) is 1.46. The number of aromatic nitrogens is 2. The number of piperidine rings is 1. The minimum atomic E-state index is -3.07. The van der Waals surface area contributed by atoms with Gasteiger partial charge < -0.3 is 4.90 Å². The van der Waals surface area contributed by atoms with Gasteiger partial charge in [0.2, 0.25) is 0 Å². The lowest BCUT2D eigenvalue weighted by Crippen LogP contribution is -2.43. The summed E-state index contributed by atoms with van der Waals surface area (Å²) in [6.07, 6.45) is 4.03. The van der Waals surface area contributed by atoms with E-state index in [1.807, 2.05) is 20.8 Å². The number of amides is 1. The number of likely N-dealkylation sites (tertiary alicyclic amines) is 1. The average Bonchev–Trinajstić information content (AvgIpc) is 2.46. The zero-order chi connectivity index (χ0) is 16.3. The molecule has 1 aromatic heterocycles. The summed E-state index contributed by atoms with van der Waals surface area (Å²) in [6, 6.07) is 0. The van der Waals surface area contributed by atoms with Crippen molar-refractivity contribution in [3.05, 3.63) is 23.8 Å². The second kappa shape index (κ2) is 6.73. The van der Waals surface area contributed by atoms with Gasteiger partial charge >= 0.3 is 0 Å². The molecule has 0 unspecified atom stereocenters. The summed E-state index contributed by atoms with van der Waals surface area (Å²) < 4.78 is 24.5. The molecule has 1 saturated heterocycles. The number of rotatable bonds is 4. The predicted molar refractivity (Wildman–Crippen MR) is 84.3 cm³/mol. The van der Waals surface area contributed by atoms with Gasteiger partial charge in [-0.05, 0) is 25.7 Å². The van der Waals surface area contributed by atoms with Crippen molar-refractivity contribution >= 4 is 15.7 Å². The van der Waals surface area contributed by atoms with Gasteiger partial charge in [-0.2, -0.15) is 0 Å². The van der Waals surface area contributed by atoms with Crippen LogP contribution in [0.4, 0.5) is 0 Å². The molecule has 1 aromatic rings. The highest BCUT2D eigenvalue weighted by Crippen LogP contribution is 2.21. The van der Waals surface area contributed by atoms with E-state index in [9.17, 15) is 13.2 Å². The van der Waals surface area contributed by atoms with E-state index >= 15 is 0 Å². The van der Waals surface area contributed by atoms with Crippen LogP contribution in [-0.2, 0) is 9.84 Å². The highest BCUT2D eigenvalue weighted by molar-refractivity contribution is 7.92. The molecule has 0 saturated carbocycles. The normalized spacial score (nSPS) is 17.0. The van der Waals surface area contributed by atoms with E-state index in [4.69, 9.17) is 0 Å². The van der Waals surface area contributed by atoms with Gasteiger partial charge in [0.25, 0.3) is 5.91 Å². The molecule has 22 heavy (non-hydrogen) atoms. The van der Waals surface area contributed by atoms with Crippen LogP contribution in [0.1, 0.15) is 42.9 Å². The molecule has 2 rings (SSSR count). The molecule has 1 aliphatic heterocycles. The molecule has 1 amide bonds. The van der Waals surface area contributed by atoms with Crippen LogP contribution in [0.3, 0.4) is 0 Å². The number of hydrogen-bond acceptors (Lipinski definition) is 5. The van der Waals surface area contributed by atoms with Crippen molar-refractivity contribution in [2.45, 2.75) is 38.9 Å². The van der Waals surface area contributed by atoms with E-state index < -0.39 is 9.84 Å². The van der Waals surface area contributed by atoms with Gasteiger partial charge in [0.1, 0.15) is 5.69 Å². The topological polar surface area (TPSA) is 80.2 Å². The highest BCUT2D eigenvalue weighted by Gasteiger charge is 2.32. The highest BCUT2D eigenvalue weighted by atomic mass is 32.2. The Morgan fingerprint density at radius 1 is 1.27 bits per heavy atom. The van der Waals surface area contributed by atoms with Crippen LogP contribution in [0.5, 0.6) is 0 Å². The standard InChI is InChI=1S/C15H23N3O3S/c1-11(2)10-22(20,21)13-4-6-18(7-5-13)15(19)14-9-16-12(3)8-17-14/h8-9,11,13H,4-7,10H2,1-3H3. The minimum Gasteiger partial charge on any atom is -0.337 e. The Hall–Kier alpha value is -1.50. The molecule has 0 aromatic carbocycles. The number of aryl methyl sites for hydroxylation is 1. The molecule has 122 valence electrons. The second-order valence-electron chi connectivity index (χ2n) is 6.26. The Morgan fingerprint density at radius 3 is 2.41 bits per heavy atom. The fourth-order valence-electron chi connectivity index (χ4n) is 2.68. The van der Waals surface area contributed by atoms with Crippen molar-refractivity contribution in [2.75, 3.05) is 18.8 Å². The third-order valence-corrected chi connectivity index (χ3v) is 6.42. The van der Waals surface area contributed by atoms with Gasteiger partial charge in [0.15, 0.2) is 9.84 Å². The van der Waals surface area contributed by atoms with Crippen molar-refractivity contribution in [3.8, 4) is 0 Å². The SMILES string of the molecule is Cc1cnc(C(=O)N2CCC(S(=O)(=O)CC(C)C)CC2)cn1. The van der Waals surface area contributed by atoms with E-state index in [0.29, 0.717) is 31.6 Å². The van der Waals surface area contributed by atoms with Crippen LogP contribution in [0, 0.1) is 12.8 Å². The largest absolute Gasteiger partial charge is 0.337 e. The Morgan fingerprint density at radius 2 is 1.91 bits per heavy atom. The molecular formula is C15H23N3O3S.